The molecule has 3 aromatic rings. The first-order valence-electron chi connectivity index (χ1n) is 11.2. The van der Waals surface area contributed by atoms with Crippen molar-refractivity contribution in [1.82, 2.24) is 15.1 Å². The van der Waals surface area contributed by atoms with Gasteiger partial charge in [-0.3, -0.25) is 14.4 Å². The molecule has 0 aromatic heterocycles. The van der Waals surface area contributed by atoms with E-state index in [1.807, 2.05) is 36.4 Å². The average molecular weight is 458 g/mol. The molecule has 1 unspecified atom stereocenters. The highest BCUT2D eigenvalue weighted by Gasteiger charge is 2.37. The summed E-state index contributed by atoms with van der Waals surface area (Å²) in [5.74, 6) is -0.0410. The Bertz CT molecular complexity index is 1130. The molecule has 1 fully saturated rings. The number of hydrogen-bond donors (Lipinski definition) is 1. The molecule has 4 rings (SSSR count). The number of carbonyl (C=O) groups excluding carboxylic acids is 3. The number of benzene rings is 3. The first-order chi connectivity index (χ1) is 16.6. The zero-order chi connectivity index (χ0) is 23.9. The van der Waals surface area contributed by atoms with Gasteiger partial charge in [0.05, 0.1) is 13.7 Å². The molecule has 3 aromatic carbocycles. The Labute approximate surface area is 198 Å². The van der Waals surface area contributed by atoms with Crippen LogP contribution in [0.15, 0.2) is 84.9 Å². The Balaban J connectivity index is 1.53. The van der Waals surface area contributed by atoms with Crippen molar-refractivity contribution in [3.63, 3.8) is 0 Å². The van der Waals surface area contributed by atoms with Gasteiger partial charge in [0.25, 0.3) is 11.8 Å². The zero-order valence-corrected chi connectivity index (χ0v) is 19.0. The van der Waals surface area contributed by atoms with E-state index in [0.717, 1.165) is 5.56 Å². The molecule has 1 heterocycles. The number of nitrogens with zero attached hydrogens (tertiary/aromatic N) is 2. The summed E-state index contributed by atoms with van der Waals surface area (Å²) in [6.45, 7) is 1.06. The van der Waals surface area contributed by atoms with Gasteiger partial charge in [-0.05, 0) is 42.0 Å². The van der Waals surface area contributed by atoms with E-state index < -0.39 is 6.04 Å². The monoisotopic (exact) mass is 457 g/mol. The van der Waals surface area contributed by atoms with Crippen LogP contribution in [0.1, 0.15) is 26.3 Å². The lowest BCUT2D eigenvalue weighted by atomic mass is 10.1. The molecule has 1 aliphatic heterocycles. The number of nitrogens with one attached hydrogen (secondary N) is 1. The molecule has 7 nitrogen and oxygen atoms in total. The zero-order valence-electron chi connectivity index (χ0n) is 19.0. The van der Waals surface area contributed by atoms with Gasteiger partial charge in [-0.2, -0.15) is 0 Å². The van der Waals surface area contributed by atoms with Crippen molar-refractivity contribution < 1.29 is 19.1 Å². The van der Waals surface area contributed by atoms with Crippen LogP contribution in [0.4, 0.5) is 0 Å². The second-order valence-corrected chi connectivity index (χ2v) is 8.06. The Morgan fingerprint density at radius 2 is 1.44 bits per heavy atom. The maximum Gasteiger partial charge on any atom is 0.254 e. The van der Waals surface area contributed by atoms with Crippen molar-refractivity contribution in [2.75, 3.05) is 26.7 Å². The average Bonchev–Trinajstić information content (AvgIpc) is 2.91. The molecule has 0 radical (unpaired) electrons. The SMILES string of the molecule is COc1ccc(C(=O)N2CCN(C(=O)c3ccccc3)C(C(=O)NCc3ccccc3)C2)cc1. The number of hydrogen-bond acceptors (Lipinski definition) is 4. The van der Waals surface area contributed by atoms with Crippen molar-refractivity contribution in [3.8, 4) is 5.75 Å². The maximum atomic E-state index is 13.2. The van der Waals surface area contributed by atoms with Crippen molar-refractivity contribution in [1.29, 1.82) is 0 Å². The van der Waals surface area contributed by atoms with E-state index in [1.165, 1.54) is 0 Å². The summed E-state index contributed by atoms with van der Waals surface area (Å²) in [5.41, 5.74) is 1.98. The minimum atomic E-state index is -0.799. The van der Waals surface area contributed by atoms with E-state index in [-0.39, 0.29) is 30.8 Å². The third-order valence-corrected chi connectivity index (χ3v) is 5.90. The maximum absolute atomic E-state index is 13.2. The van der Waals surface area contributed by atoms with E-state index in [0.29, 0.717) is 30.0 Å². The Kier molecular flexibility index (Phi) is 7.22. The van der Waals surface area contributed by atoms with Gasteiger partial charge in [-0.15, -0.1) is 0 Å². The molecule has 1 N–H and O–H groups in total. The summed E-state index contributed by atoms with van der Waals surface area (Å²) >= 11 is 0. The van der Waals surface area contributed by atoms with Crippen molar-refractivity contribution in [2.45, 2.75) is 12.6 Å². The topological polar surface area (TPSA) is 79.0 Å². The first-order valence-corrected chi connectivity index (χ1v) is 11.2. The van der Waals surface area contributed by atoms with Crippen LogP contribution in [0.3, 0.4) is 0 Å². The van der Waals surface area contributed by atoms with Crippen LogP contribution in [0, 0.1) is 0 Å². The molecule has 1 aliphatic rings. The summed E-state index contributed by atoms with van der Waals surface area (Å²) < 4.78 is 5.17. The molecule has 0 bridgehead atoms. The molecular weight excluding hydrogens is 430 g/mol. The molecule has 0 spiro atoms. The summed E-state index contributed by atoms with van der Waals surface area (Å²) in [7, 11) is 1.57. The predicted octanol–water partition coefficient (Wildman–Crippen LogP) is 2.98. The van der Waals surface area contributed by atoms with Gasteiger partial charge in [-0.1, -0.05) is 48.5 Å². The van der Waals surface area contributed by atoms with Gasteiger partial charge in [0.15, 0.2) is 0 Å². The van der Waals surface area contributed by atoms with Crippen LogP contribution in [-0.2, 0) is 11.3 Å². The van der Waals surface area contributed by atoms with Crippen LogP contribution in [0.5, 0.6) is 5.75 Å². The summed E-state index contributed by atoms with van der Waals surface area (Å²) in [6.07, 6.45) is 0. The lowest BCUT2D eigenvalue weighted by Gasteiger charge is -2.40. The fraction of sp³-hybridized carbons (Fsp3) is 0.222. The van der Waals surface area contributed by atoms with Crippen LogP contribution in [-0.4, -0.2) is 60.3 Å². The number of piperazine rings is 1. The number of carbonyl (C=O) groups is 3. The molecule has 1 atom stereocenters. The molecule has 3 amide bonds. The van der Waals surface area contributed by atoms with Gasteiger partial charge in [0.1, 0.15) is 11.8 Å². The van der Waals surface area contributed by atoms with E-state index in [1.54, 1.807) is 65.4 Å². The highest BCUT2D eigenvalue weighted by atomic mass is 16.5. The highest BCUT2D eigenvalue weighted by Crippen LogP contribution is 2.19. The van der Waals surface area contributed by atoms with E-state index in [9.17, 15) is 14.4 Å². The molecule has 1 saturated heterocycles. The predicted molar refractivity (Wildman–Crippen MR) is 128 cm³/mol. The van der Waals surface area contributed by atoms with E-state index >= 15 is 0 Å². The number of ether oxygens (including phenoxy) is 1. The quantitative estimate of drug-likeness (QED) is 0.617. The summed E-state index contributed by atoms with van der Waals surface area (Å²) in [6, 6.07) is 24.5. The smallest absolute Gasteiger partial charge is 0.254 e. The van der Waals surface area contributed by atoms with Crippen LogP contribution in [0.25, 0.3) is 0 Å². The van der Waals surface area contributed by atoms with Gasteiger partial charge in [0, 0.05) is 30.8 Å². The number of rotatable bonds is 6. The Morgan fingerprint density at radius 1 is 0.824 bits per heavy atom. The number of methoxy groups -OCH3 is 1. The lowest BCUT2D eigenvalue weighted by Crippen LogP contribution is -2.61. The fourth-order valence-electron chi connectivity index (χ4n) is 4.00. The minimum Gasteiger partial charge on any atom is -0.497 e. The normalized spacial score (nSPS) is 15.5. The van der Waals surface area contributed by atoms with E-state index in [4.69, 9.17) is 4.74 Å². The Morgan fingerprint density at radius 3 is 2.09 bits per heavy atom. The van der Waals surface area contributed by atoms with Crippen LogP contribution in [0.2, 0.25) is 0 Å². The standard InChI is InChI=1S/C27H27N3O4/c1-34-23-14-12-22(13-15-23)26(32)29-16-17-30(27(33)21-10-6-3-7-11-21)24(19-29)25(31)28-18-20-8-4-2-5-9-20/h2-15,24H,16-19H2,1H3,(H,28,31). The molecule has 0 aliphatic carbocycles. The largest absolute Gasteiger partial charge is 0.497 e. The van der Waals surface area contributed by atoms with Gasteiger partial charge in [-0.25, -0.2) is 0 Å². The van der Waals surface area contributed by atoms with E-state index in [2.05, 4.69) is 5.32 Å². The second kappa shape index (κ2) is 10.7. The molecule has 0 saturated carbocycles. The van der Waals surface area contributed by atoms with Crippen molar-refractivity contribution >= 4 is 17.7 Å². The molecule has 174 valence electrons. The summed E-state index contributed by atoms with van der Waals surface area (Å²) in [4.78, 5) is 42.8. The minimum absolute atomic E-state index is 0.115. The third-order valence-electron chi connectivity index (χ3n) is 5.90. The second-order valence-electron chi connectivity index (χ2n) is 8.06. The van der Waals surface area contributed by atoms with Crippen molar-refractivity contribution in [2.24, 2.45) is 0 Å². The van der Waals surface area contributed by atoms with Gasteiger partial charge < -0.3 is 19.9 Å². The lowest BCUT2D eigenvalue weighted by molar-refractivity contribution is -0.127. The van der Waals surface area contributed by atoms with Crippen molar-refractivity contribution in [3.05, 3.63) is 102 Å². The number of amides is 3. The Hall–Kier alpha value is -4.13. The summed E-state index contributed by atoms with van der Waals surface area (Å²) in [5, 5.41) is 2.93. The van der Waals surface area contributed by atoms with Gasteiger partial charge >= 0.3 is 0 Å². The fourth-order valence-corrected chi connectivity index (χ4v) is 4.00. The van der Waals surface area contributed by atoms with Crippen LogP contribution < -0.4 is 10.1 Å². The first kappa shape index (κ1) is 23.0. The third kappa shape index (κ3) is 5.26. The highest BCUT2D eigenvalue weighted by molar-refractivity contribution is 5.99. The van der Waals surface area contributed by atoms with Gasteiger partial charge in [0.2, 0.25) is 5.91 Å². The molecule has 7 heteroatoms. The molecule has 34 heavy (non-hydrogen) atoms. The molecular formula is C27H27N3O4. The van der Waals surface area contributed by atoms with Crippen LogP contribution >= 0.6 is 0 Å².